The van der Waals surface area contributed by atoms with E-state index in [9.17, 15) is 49.3 Å². The Hall–Kier alpha value is -1.31. The fourth-order valence-corrected chi connectivity index (χ4v) is 6.12. The Kier molecular flexibility index (Phi) is 13.7. The average molecular weight is 662 g/mol. The summed E-state index contributed by atoms with van der Waals surface area (Å²) in [7, 11) is 0. The zero-order valence-corrected chi connectivity index (χ0v) is 24.6. The first-order chi connectivity index (χ1) is 21.1. The largest absolute Gasteiger partial charge is 0.394 e. The van der Waals surface area contributed by atoms with Gasteiger partial charge in [0.05, 0.1) is 49.6 Å². The van der Waals surface area contributed by atoms with Crippen molar-refractivity contribution >= 4 is 5.91 Å². The van der Waals surface area contributed by atoms with Crippen molar-refractivity contribution in [2.45, 2.75) is 110 Å². The summed E-state index contributed by atoms with van der Waals surface area (Å²) in [6, 6.07) is -4.91. The Morgan fingerprint density at radius 3 is 2.22 bits per heavy atom. The lowest BCUT2D eigenvalue weighted by Crippen LogP contribution is -2.72. The molecule has 45 heavy (non-hydrogen) atoms. The van der Waals surface area contributed by atoms with Crippen LogP contribution in [0.2, 0.25) is 0 Å². The fraction of sp³-hybridized carbons (Fsp3) is 0.960. The number of hydrogen-bond donors (Lipinski definition) is 14. The van der Waals surface area contributed by atoms with Crippen LogP contribution in [0.15, 0.2) is 0 Å². The molecule has 18 nitrogen and oxygen atoms in total. The van der Waals surface area contributed by atoms with Crippen LogP contribution in [0, 0.1) is 5.92 Å². The quantitative estimate of drug-likeness (QED) is 0.0815. The summed E-state index contributed by atoms with van der Waals surface area (Å²) in [5.41, 5.74) is 28.7. The third-order valence-electron chi connectivity index (χ3n) is 8.78. The van der Waals surface area contributed by atoms with Crippen LogP contribution in [0.4, 0.5) is 8.78 Å². The molecular weight excluding hydrogens is 612 g/mol. The van der Waals surface area contributed by atoms with Crippen LogP contribution in [0.3, 0.4) is 0 Å². The lowest BCUT2D eigenvalue weighted by atomic mass is 9.71. The van der Waals surface area contributed by atoms with Gasteiger partial charge in [-0.3, -0.25) is 4.79 Å². The molecule has 1 amide bonds. The van der Waals surface area contributed by atoms with Gasteiger partial charge in [0.1, 0.15) is 36.6 Å². The third-order valence-corrected chi connectivity index (χ3v) is 8.78. The molecule has 16 atom stereocenters. The molecule has 0 aromatic heterocycles. The van der Waals surface area contributed by atoms with Gasteiger partial charge in [-0.25, -0.2) is 8.78 Å². The Balaban J connectivity index is 1.98. The maximum atomic E-state index is 14.1. The second-order valence-electron chi connectivity index (χ2n) is 11.8. The summed E-state index contributed by atoms with van der Waals surface area (Å²) in [5, 5.41) is 79.2. The van der Waals surface area contributed by atoms with Crippen LogP contribution in [0.1, 0.15) is 12.8 Å². The smallest absolute Gasteiger partial charge is 0.294 e. The minimum absolute atomic E-state index is 0.223. The van der Waals surface area contributed by atoms with E-state index in [0.717, 1.165) is 0 Å². The highest BCUT2D eigenvalue weighted by Gasteiger charge is 2.56. The first-order valence-electron chi connectivity index (χ1n) is 14.8. The number of rotatable bonds is 13. The molecule has 20 heteroatoms. The number of aliphatic hydroxyl groups is 7. The van der Waals surface area contributed by atoms with Crippen molar-refractivity contribution in [3.05, 3.63) is 0 Å². The number of nitrogens with two attached hydrogens (primary N) is 5. The van der Waals surface area contributed by atoms with Gasteiger partial charge >= 0.3 is 0 Å². The van der Waals surface area contributed by atoms with Crippen molar-refractivity contribution in [2.24, 2.45) is 34.6 Å². The van der Waals surface area contributed by atoms with E-state index in [0.29, 0.717) is 13.0 Å². The van der Waals surface area contributed by atoms with E-state index < -0.39 is 122 Å². The number of carbonyl (C=O) groups excluding carboxylic acids is 1. The summed E-state index contributed by atoms with van der Waals surface area (Å²) in [5.74, 6) is -6.73. The predicted octanol–water partition coefficient (Wildman–Crippen LogP) is -7.96. The summed E-state index contributed by atoms with van der Waals surface area (Å²) < 4.78 is 45.5. The van der Waals surface area contributed by atoms with E-state index in [2.05, 4.69) is 10.6 Å². The summed E-state index contributed by atoms with van der Waals surface area (Å²) >= 11 is 0. The fourth-order valence-electron chi connectivity index (χ4n) is 6.12. The second-order valence-corrected chi connectivity index (χ2v) is 11.8. The molecule has 19 N–H and O–H groups in total. The molecule has 1 saturated carbocycles. The number of nitrogens with one attached hydrogen (secondary N) is 2. The number of aliphatic hydroxyl groups excluding tert-OH is 7. The van der Waals surface area contributed by atoms with Crippen LogP contribution >= 0.6 is 0 Å². The van der Waals surface area contributed by atoms with E-state index in [-0.39, 0.29) is 19.5 Å². The van der Waals surface area contributed by atoms with E-state index in [4.69, 9.17) is 42.9 Å². The maximum absolute atomic E-state index is 14.1. The number of alkyl halides is 2. The monoisotopic (exact) mass is 661 g/mol. The van der Waals surface area contributed by atoms with Gasteiger partial charge in [-0.1, -0.05) is 0 Å². The molecule has 0 aromatic carbocycles. The van der Waals surface area contributed by atoms with E-state index >= 15 is 0 Å². The third kappa shape index (κ3) is 8.23. The van der Waals surface area contributed by atoms with Crippen LogP contribution in [0.5, 0.6) is 0 Å². The Labute approximate surface area is 258 Å². The molecule has 3 fully saturated rings. The number of amides is 1. The lowest BCUT2D eigenvalue weighted by Gasteiger charge is -2.53. The molecule has 264 valence electrons. The van der Waals surface area contributed by atoms with Crippen LogP contribution in [-0.4, -0.2) is 172 Å². The van der Waals surface area contributed by atoms with Crippen molar-refractivity contribution in [2.75, 3.05) is 32.8 Å². The van der Waals surface area contributed by atoms with Gasteiger partial charge in [-0.2, -0.15) is 0 Å². The van der Waals surface area contributed by atoms with Gasteiger partial charge in [0, 0.05) is 18.5 Å². The first kappa shape index (κ1) is 38.1. The second kappa shape index (κ2) is 16.2. The van der Waals surface area contributed by atoms with E-state index in [1.54, 1.807) is 0 Å². The van der Waals surface area contributed by atoms with Crippen molar-refractivity contribution < 1.29 is 63.5 Å². The van der Waals surface area contributed by atoms with Crippen molar-refractivity contribution in [1.82, 2.24) is 10.6 Å². The Morgan fingerprint density at radius 2 is 1.64 bits per heavy atom. The molecule has 0 bridgehead atoms. The van der Waals surface area contributed by atoms with Gasteiger partial charge < -0.3 is 89.3 Å². The minimum Gasteiger partial charge on any atom is -0.394 e. The zero-order chi connectivity index (χ0) is 33.8. The highest BCUT2D eigenvalue weighted by molar-refractivity contribution is 5.82. The number of carbonyl (C=O) groups is 1. The number of halogens is 2. The van der Waals surface area contributed by atoms with Crippen LogP contribution < -0.4 is 39.3 Å². The number of ether oxygens (including phenoxy) is 3. The molecule has 2 saturated heterocycles. The lowest BCUT2D eigenvalue weighted by molar-refractivity contribution is -0.308. The first-order valence-corrected chi connectivity index (χ1v) is 14.8. The van der Waals surface area contributed by atoms with Gasteiger partial charge in [0.15, 0.2) is 12.4 Å². The van der Waals surface area contributed by atoms with Gasteiger partial charge in [0.2, 0.25) is 0 Å². The van der Waals surface area contributed by atoms with Gasteiger partial charge in [0.25, 0.3) is 11.8 Å². The molecular formula is C25H49F2N7O11. The van der Waals surface area contributed by atoms with Crippen LogP contribution in [-0.2, 0) is 19.0 Å². The SMILES string of the molecule is NCCCN[C@@H]1[C@@H](O)[C@H](O)[C@@H](CN)O[C@@H]1C1[C@@H](N)C[C@@H](NC(=O)C(O)C(F)(F)CN)[C@H](O[C@H]2O[C@H](CO)[C@@H](O)[C@H](N)[C@H]2O)[C@H]1O. The van der Waals surface area contributed by atoms with E-state index in [1.807, 2.05) is 0 Å². The zero-order valence-electron chi connectivity index (χ0n) is 24.6. The van der Waals surface area contributed by atoms with Crippen LogP contribution in [0.25, 0.3) is 0 Å². The topological polar surface area (TPSA) is 341 Å². The van der Waals surface area contributed by atoms with Crippen molar-refractivity contribution in [3.63, 3.8) is 0 Å². The van der Waals surface area contributed by atoms with Gasteiger partial charge in [-0.05, 0) is 25.9 Å². The normalized spacial score (nSPS) is 43.6. The standard InChI is InChI=1S/C25H49F2N7O11/c26-25(27,7-30)22(41)23(42)34-9-4-8(31)12(21-14(33-3-1-2-28)19(40)16(37)10(5-29)43-21)17(38)20(9)45-24-18(39)13(32)15(36)11(6-35)44-24/h8-22,24,33,35-41H,1-7,28-32H2,(H,34,42)/t8-,9+,10+,11+,12?,13-,14+,15+,16+,17-,18+,19+,20-,21+,22?,24+/m0/s1. The Morgan fingerprint density at radius 1 is 0.978 bits per heavy atom. The Bertz CT molecular complexity index is 950. The minimum atomic E-state index is -4.01. The average Bonchev–Trinajstić information content (AvgIpc) is 3.01. The molecule has 0 spiro atoms. The molecule has 1 aliphatic carbocycles. The predicted molar refractivity (Wildman–Crippen MR) is 150 cm³/mol. The highest BCUT2D eigenvalue weighted by Crippen LogP contribution is 2.37. The molecule has 0 aromatic rings. The molecule has 2 unspecified atom stereocenters. The molecule has 0 radical (unpaired) electrons. The van der Waals surface area contributed by atoms with Crippen molar-refractivity contribution in [3.8, 4) is 0 Å². The number of hydrogen-bond acceptors (Lipinski definition) is 17. The molecule has 3 aliphatic rings. The van der Waals surface area contributed by atoms with Crippen molar-refractivity contribution in [1.29, 1.82) is 0 Å². The maximum Gasteiger partial charge on any atom is 0.294 e. The van der Waals surface area contributed by atoms with E-state index in [1.165, 1.54) is 0 Å². The molecule has 3 rings (SSSR count). The molecule has 2 heterocycles. The van der Waals surface area contributed by atoms with Gasteiger partial charge in [-0.15, -0.1) is 0 Å². The molecule has 2 aliphatic heterocycles. The summed E-state index contributed by atoms with van der Waals surface area (Å²) in [6.45, 7) is -1.75. The highest BCUT2D eigenvalue weighted by atomic mass is 19.3. The summed E-state index contributed by atoms with van der Waals surface area (Å²) in [4.78, 5) is 12.7. The summed E-state index contributed by atoms with van der Waals surface area (Å²) in [6.07, 6.45) is -17.5.